The van der Waals surface area contributed by atoms with Gasteiger partial charge in [-0.05, 0) is 25.5 Å². The van der Waals surface area contributed by atoms with Crippen LogP contribution in [0.25, 0.3) is 5.57 Å². The van der Waals surface area contributed by atoms with E-state index in [0.717, 1.165) is 37.1 Å². The van der Waals surface area contributed by atoms with Gasteiger partial charge in [0.25, 0.3) is 0 Å². The quantitative estimate of drug-likeness (QED) is 0.666. The molecule has 1 aromatic rings. The lowest BCUT2D eigenvalue weighted by atomic mass is 10.0. The topological polar surface area (TPSA) is 73.9 Å². The number of allylic oxidation sites excluding steroid dienone is 2. The minimum Gasteiger partial charge on any atom is -0.367 e. The fourth-order valence-corrected chi connectivity index (χ4v) is 3.29. The van der Waals surface area contributed by atoms with Crippen LogP contribution < -0.4 is 21.3 Å². The summed E-state index contributed by atoms with van der Waals surface area (Å²) in [5.41, 5.74) is 1.75. The second kappa shape index (κ2) is 6.41. The first-order chi connectivity index (χ1) is 11.7. The van der Waals surface area contributed by atoms with Crippen LogP contribution in [0.15, 0.2) is 35.3 Å². The normalized spacial score (nSPS) is 25.7. The maximum Gasteiger partial charge on any atom is 0.183 e. The van der Waals surface area contributed by atoms with Gasteiger partial charge in [-0.15, -0.1) is 0 Å². The van der Waals surface area contributed by atoms with E-state index in [0.29, 0.717) is 10.9 Å². The number of anilines is 1. The minimum atomic E-state index is -0.443. The predicted molar refractivity (Wildman–Crippen MR) is 91.6 cm³/mol. The Morgan fingerprint density at radius 1 is 1.29 bits per heavy atom. The molecule has 0 saturated carbocycles. The Bertz CT molecular complexity index is 738. The fourth-order valence-electron chi connectivity index (χ4n) is 3.11. The first-order valence-corrected chi connectivity index (χ1v) is 8.38. The molecular weight excluding hydrogens is 331 g/mol. The summed E-state index contributed by atoms with van der Waals surface area (Å²) in [6.07, 6.45) is 8.63. The van der Waals surface area contributed by atoms with Gasteiger partial charge in [-0.2, -0.15) is 0 Å². The monoisotopic (exact) mass is 348 g/mol. The van der Waals surface area contributed by atoms with Gasteiger partial charge in [0, 0.05) is 36.1 Å². The van der Waals surface area contributed by atoms with Crippen LogP contribution in [0.2, 0.25) is 0 Å². The molecule has 1 saturated heterocycles. The van der Waals surface area contributed by atoms with E-state index in [-0.39, 0.29) is 18.0 Å². The Labute approximate surface area is 144 Å². The van der Waals surface area contributed by atoms with Crippen molar-refractivity contribution in [1.82, 2.24) is 25.9 Å². The van der Waals surface area contributed by atoms with Crippen molar-refractivity contribution in [2.24, 2.45) is 0 Å². The van der Waals surface area contributed by atoms with E-state index < -0.39 is 5.82 Å². The third-order valence-electron chi connectivity index (χ3n) is 4.32. The van der Waals surface area contributed by atoms with Gasteiger partial charge < -0.3 is 21.3 Å². The van der Waals surface area contributed by atoms with Crippen molar-refractivity contribution in [3.8, 4) is 0 Å². The maximum atomic E-state index is 14.1. The van der Waals surface area contributed by atoms with Crippen LogP contribution in [0.5, 0.6) is 0 Å². The van der Waals surface area contributed by atoms with Gasteiger partial charge in [0.15, 0.2) is 17.5 Å². The molecule has 0 radical (unpaired) electrons. The van der Waals surface area contributed by atoms with Crippen LogP contribution in [0, 0.1) is 5.82 Å². The Hall–Kier alpha value is -2.12. The number of nitrogens with one attached hydrogen (secondary N) is 4. The molecule has 8 heteroatoms. The molecule has 1 aromatic heterocycles. The molecule has 0 bridgehead atoms. The van der Waals surface area contributed by atoms with E-state index in [4.69, 9.17) is 11.6 Å². The summed E-state index contributed by atoms with van der Waals surface area (Å²) in [4.78, 5) is 8.55. The van der Waals surface area contributed by atoms with Crippen LogP contribution in [0.4, 0.5) is 10.2 Å². The lowest BCUT2D eigenvalue weighted by Crippen LogP contribution is -2.38. The Morgan fingerprint density at radius 2 is 2.17 bits per heavy atom. The number of aromatic nitrogens is 2. The van der Waals surface area contributed by atoms with Crippen molar-refractivity contribution in [2.45, 2.75) is 25.0 Å². The fraction of sp³-hybridized carbons (Fsp3) is 0.375. The van der Waals surface area contributed by atoms with Crippen molar-refractivity contribution in [1.29, 1.82) is 0 Å². The van der Waals surface area contributed by atoms with Crippen molar-refractivity contribution < 1.29 is 4.39 Å². The number of rotatable bonds is 3. The molecule has 3 aliphatic heterocycles. The highest BCUT2D eigenvalue weighted by Crippen LogP contribution is 2.31. The Morgan fingerprint density at radius 3 is 3.00 bits per heavy atom. The van der Waals surface area contributed by atoms with Crippen molar-refractivity contribution in [2.75, 3.05) is 18.4 Å². The molecule has 1 unspecified atom stereocenters. The number of nitrogens with zero attached hydrogens (tertiary/aromatic N) is 2. The smallest absolute Gasteiger partial charge is 0.183 e. The average molecular weight is 349 g/mol. The summed E-state index contributed by atoms with van der Waals surface area (Å²) in [5.74, 6) is 0.266. The van der Waals surface area contributed by atoms with Crippen molar-refractivity contribution >= 4 is 23.0 Å². The molecule has 4 rings (SSSR count). The molecule has 126 valence electrons. The largest absolute Gasteiger partial charge is 0.367 e. The predicted octanol–water partition coefficient (Wildman–Crippen LogP) is 1.66. The minimum absolute atomic E-state index is 0.0601. The average Bonchev–Trinajstić information content (AvgIpc) is 3.01. The van der Waals surface area contributed by atoms with E-state index in [9.17, 15) is 4.39 Å². The summed E-state index contributed by atoms with van der Waals surface area (Å²) < 4.78 is 14.1. The van der Waals surface area contributed by atoms with Gasteiger partial charge in [0.2, 0.25) is 0 Å². The summed E-state index contributed by atoms with van der Waals surface area (Å²) in [6.45, 7) is 1.81. The lowest BCUT2D eigenvalue weighted by Gasteiger charge is -2.24. The number of hydrogen-bond acceptors (Lipinski definition) is 6. The van der Waals surface area contributed by atoms with Gasteiger partial charge in [-0.3, -0.25) is 0 Å². The second-order valence-electron chi connectivity index (χ2n) is 6.03. The molecule has 3 aliphatic rings. The van der Waals surface area contributed by atoms with E-state index in [1.165, 1.54) is 6.20 Å². The standard InChI is InChI=1S/C16H18ClFN6/c17-9-4-11-12(7-21-14(11)20-5-9)15-22-8-13(18)16(24-15)23-10-2-1-3-19-6-10/h4-5,7-8,10,14,19-21H,1-3,6H2,(H,22,23,24)/t10-,14?/m0/s1. The highest BCUT2D eigenvalue weighted by atomic mass is 35.5. The van der Waals surface area contributed by atoms with E-state index in [2.05, 4.69) is 31.2 Å². The molecule has 1 fully saturated rings. The number of fused-ring (bicyclic) bond motifs is 1. The number of dihydropyridines is 1. The Balaban J connectivity index is 1.60. The van der Waals surface area contributed by atoms with E-state index >= 15 is 0 Å². The number of piperidine rings is 1. The number of hydrogen-bond donors (Lipinski definition) is 4. The van der Waals surface area contributed by atoms with Crippen LogP contribution >= 0.6 is 11.6 Å². The Kier molecular flexibility index (Phi) is 4.12. The van der Waals surface area contributed by atoms with Gasteiger partial charge in [-0.1, -0.05) is 11.6 Å². The molecule has 0 amide bonds. The van der Waals surface area contributed by atoms with Gasteiger partial charge in [0.1, 0.15) is 6.17 Å². The highest BCUT2D eigenvalue weighted by molar-refractivity contribution is 6.31. The first kappa shape index (κ1) is 15.4. The van der Waals surface area contributed by atoms with Crippen LogP contribution in [-0.4, -0.2) is 35.3 Å². The molecule has 4 N–H and O–H groups in total. The first-order valence-electron chi connectivity index (χ1n) is 8.01. The van der Waals surface area contributed by atoms with Crippen molar-refractivity contribution in [3.05, 3.63) is 46.9 Å². The summed E-state index contributed by atoms with van der Waals surface area (Å²) in [5, 5.41) is 13.4. The lowest BCUT2D eigenvalue weighted by molar-refractivity contribution is 0.476. The molecule has 4 heterocycles. The van der Waals surface area contributed by atoms with Gasteiger partial charge in [-0.25, -0.2) is 14.4 Å². The zero-order chi connectivity index (χ0) is 16.5. The van der Waals surface area contributed by atoms with Crippen LogP contribution in [-0.2, 0) is 0 Å². The summed E-state index contributed by atoms with van der Waals surface area (Å²) >= 11 is 6.07. The SMILES string of the molecule is Fc1cnc(C2=CNC3NC=C(Cl)C=C23)nc1N[C@H]1CCCNC1. The summed E-state index contributed by atoms with van der Waals surface area (Å²) in [6, 6.07) is 0.173. The molecule has 0 aliphatic carbocycles. The maximum absolute atomic E-state index is 14.1. The molecule has 2 atom stereocenters. The molecule has 0 aromatic carbocycles. The number of halogens is 2. The van der Waals surface area contributed by atoms with E-state index in [1.54, 1.807) is 6.20 Å². The van der Waals surface area contributed by atoms with Crippen LogP contribution in [0.3, 0.4) is 0 Å². The van der Waals surface area contributed by atoms with Crippen LogP contribution in [0.1, 0.15) is 18.7 Å². The third kappa shape index (κ3) is 2.97. The second-order valence-corrected chi connectivity index (χ2v) is 6.47. The zero-order valence-electron chi connectivity index (χ0n) is 12.9. The summed E-state index contributed by atoms with van der Waals surface area (Å²) in [7, 11) is 0. The van der Waals surface area contributed by atoms with Gasteiger partial charge in [0.05, 0.1) is 11.2 Å². The van der Waals surface area contributed by atoms with Gasteiger partial charge >= 0.3 is 0 Å². The molecule has 6 nitrogen and oxygen atoms in total. The van der Waals surface area contributed by atoms with Crippen molar-refractivity contribution in [3.63, 3.8) is 0 Å². The molecule has 0 spiro atoms. The third-order valence-corrected chi connectivity index (χ3v) is 4.54. The van der Waals surface area contributed by atoms with E-state index in [1.807, 2.05) is 12.3 Å². The zero-order valence-corrected chi connectivity index (χ0v) is 13.7. The molecular formula is C16H18ClFN6. The highest BCUT2D eigenvalue weighted by Gasteiger charge is 2.28. The molecule has 24 heavy (non-hydrogen) atoms.